The zero-order valence-corrected chi connectivity index (χ0v) is 11.8. The normalized spacial score (nSPS) is 26.2. The van der Waals surface area contributed by atoms with Gasteiger partial charge in [-0.15, -0.1) is 0 Å². The highest BCUT2D eigenvalue weighted by atomic mass is 15.1. The van der Waals surface area contributed by atoms with Crippen LogP contribution in [0.25, 0.3) is 0 Å². The van der Waals surface area contributed by atoms with E-state index in [0.717, 1.165) is 6.04 Å². The highest BCUT2D eigenvalue weighted by Crippen LogP contribution is 2.36. The molecule has 0 amide bonds. The van der Waals surface area contributed by atoms with Gasteiger partial charge in [0, 0.05) is 18.6 Å². The first-order chi connectivity index (χ1) is 7.46. The summed E-state index contributed by atoms with van der Waals surface area (Å²) in [5.74, 6) is 0. The Morgan fingerprint density at radius 2 is 1.94 bits per heavy atom. The van der Waals surface area contributed by atoms with Gasteiger partial charge in [0.15, 0.2) is 0 Å². The minimum absolute atomic E-state index is 0.562. The van der Waals surface area contributed by atoms with E-state index in [9.17, 15) is 0 Å². The first-order valence-electron chi connectivity index (χ1n) is 6.95. The van der Waals surface area contributed by atoms with Crippen molar-refractivity contribution >= 4 is 0 Å². The zero-order valence-electron chi connectivity index (χ0n) is 11.8. The zero-order chi connectivity index (χ0) is 12.2. The van der Waals surface area contributed by atoms with E-state index in [4.69, 9.17) is 0 Å². The maximum absolute atomic E-state index is 3.79. The van der Waals surface area contributed by atoms with Crippen molar-refractivity contribution in [2.75, 3.05) is 19.6 Å². The number of hydrogen-bond acceptors (Lipinski definition) is 2. The standard InChI is InChI=1S/C14H30N2/c1-6-16(7-2)11-12(3)15-13-8-9-14(4,5)10-13/h12-13,15H,6-11H2,1-5H3. The molecule has 0 bridgehead atoms. The van der Waals surface area contributed by atoms with Crippen molar-refractivity contribution in [1.82, 2.24) is 10.2 Å². The predicted octanol–water partition coefficient (Wildman–Crippen LogP) is 2.89. The second-order valence-electron chi connectivity index (χ2n) is 6.16. The minimum Gasteiger partial charge on any atom is -0.310 e. The van der Waals surface area contributed by atoms with Gasteiger partial charge in [0.25, 0.3) is 0 Å². The van der Waals surface area contributed by atoms with E-state index in [0.29, 0.717) is 11.5 Å². The van der Waals surface area contributed by atoms with E-state index >= 15 is 0 Å². The van der Waals surface area contributed by atoms with Gasteiger partial charge in [0.1, 0.15) is 0 Å². The van der Waals surface area contributed by atoms with Crippen LogP contribution in [0.2, 0.25) is 0 Å². The van der Waals surface area contributed by atoms with Crippen LogP contribution in [0.5, 0.6) is 0 Å². The summed E-state index contributed by atoms with van der Waals surface area (Å²) in [7, 11) is 0. The van der Waals surface area contributed by atoms with E-state index < -0.39 is 0 Å². The van der Waals surface area contributed by atoms with Gasteiger partial charge < -0.3 is 10.2 Å². The van der Waals surface area contributed by atoms with Crippen LogP contribution in [0, 0.1) is 5.41 Å². The second-order valence-corrected chi connectivity index (χ2v) is 6.16. The summed E-state index contributed by atoms with van der Waals surface area (Å²) in [4.78, 5) is 2.50. The van der Waals surface area contributed by atoms with Gasteiger partial charge in [-0.1, -0.05) is 27.7 Å². The molecular weight excluding hydrogens is 196 g/mol. The van der Waals surface area contributed by atoms with Gasteiger partial charge in [-0.25, -0.2) is 0 Å². The van der Waals surface area contributed by atoms with Crippen LogP contribution in [-0.2, 0) is 0 Å². The first-order valence-corrected chi connectivity index (χ1v) is 6.95. The van der Waals surface area contributed by atoms with Crippen molar-refractivity contribution in [3.05, 3.63) is 0 Å². The number of nitrogens with zero attached hydrogens (tertiary/aromatic N) is 1. The summed E-state index contributed by atoms with van der Waals surface area (Å²) < 4.78 is 0. The van der Waals surface area contributed by atoms with Crippen molar-refractivity contribution in [3.63, 3.8) is 0 Å². The van der Waals surface area contributed by atoms with E-state index in [1.54, 1.807) is 0 Å². The highest BCUT2D eigenvalue weighted by molar-refractivity contribution is 4.87. The van der Waals surface area contributed by atoms with Crippen LogP contribution in [0.3, 0.4) is 0 Å². The smallest absolute Gasteiger partial charge is 0.0169 e. The number of rotatable bonds is 6. The van der Waals surface area contributed by atoms with Crippen molar-refractivity contribution in [2.24, 2.45) is 5.41 Å². The van der Waals surface area contributed by atoms with Crippen molar-refractivity contribution < 1.29 is 0 Å². The Morgan fingerprint density at radius 1 is 1.31 bits per heavy atom. The monoisotopic (exact) mass is 226 g/mol. The van der Waals surface area contributed by atoms with Gasteiger partial charge in [-0.3, -0.25) is 0 Å². The lowest BCUT2D eigenvalue weighted by atomic mass is 9.92. The maximum atomic E-state index is 3.79. The molecule has 0 spiro atoms. The Balaban J connectivity index is 2.27. The summed E-state index contributed by atoms with van der Waals surface area (Å²) in [6, 6.07) is 1.37. The Kier molecular flexibility index (Phi) is 5.26. The molecule has 2 heteroatoms. The number of likely N-dealkylation sites (N-methyl/N-ethyl adjacent to an activating group) is 1. The molecule has 0 aromatic carbocycles. The van der Waals surface area contributed by atoms with Crippen molar-refractivity contribution in [3.8, 4) is 0 Å². The van der Waals surface area contributed by atoms with Crippen molar-refractivity contribution in [2.45, 2.75) is 66.0 Å². The fourth-order valence-corrected chi connectivity index (χ4v) is 2.90. The van der Waals surface area contributed by atoms with Gasteiger partial charge in [0.2, 0.25) is 0 Å². The molecular formula is C14H30N2. The molecule has 2 atom stereocenters. The Morgan fingerprint density at radius 3 is 2.38 bits per heavy atom. The molecule has 0 aliphatic heterocycles. The molecule has 16 heavy (non-hydrogen) atoms. The molecule has 1 aliphatic carbocycles. The number of hydrogen-bond donors (Lipinski definition) is 1. The van der Waals surface area contributed by atoms with Crippen LogP contribution >= 0.6 is 0 Å². The SMILES string of the molecule is CCN(CC)CC(C)NC1CCC(C)(C)C1. The van der Waals surface area contributed by atoms with Crippen LogP contribution in [0.15, 0.2) is 0 Å². The van der Waals surface area contributed by atoms with Gasteiger partial charge in [0.05, 0.1) is 0 Å². The van der Waals surface area contributed by atoms with E-state index in [2.05, 4.69) is 44.8 Å². The fourth-order valence-electron chi connectivity index (χ4n) is 2.90. The molecule has 0 saturated heterocycles. The summed E-state index contributed by atoms with van der Waals surface area (Å²) in [6.07, 6.45) is 4.08. The highest BCUT2D eigenvalue weighted by Gasteiger charge is 2.31. The van der Waals surface area contributed by atoms with Crippen LogP contribution in [0.1, 0.15) is 53.9 Å². The average molecular weight is 226 g/mol. The molecule has 1 N–H and O–H groups in total. The lowest BCUT2D eigenvalue weighted by molar-refractivity contribution is 0.257. The molecule has 0 aromatic heterocycles. The first kappa shape index (κ1) is 14.0. The topological polar surface area (TPSA) is 15.3 Å². The summed E-state index contributed by atoms with van der Waals surface area (Å²) >= 11 is 0. The van der Waals surface area contributed by atoms with Crippen LogP contribution in [-0.4, -0.2) is 36.6 Å². The summed E-state index contributed by atoms with van der Waals surface area (Å²) in [6.45, 7) is 15.1. The third kappa shape index (κ3) is 4.42. The molecule has 1 aliphatic rings. The third-order valence-corrected chi connectivity index (χ3v) is 3.92. The largest absolute Gasteiger partial charge is 0.310 e. The number of nitrogens with one attached hydrogen (secondary N) is 1. The van der Waals surface area contributed by atoms with Crippen LogP contribution < -0.4 is 5.32 Å². The lowest BCUT2D eigenvalue weighted by Gasteiger charge is -2.26. The molecule has 0 heterocycles. The molecule has 2 nitrogen and oxygen atoms in total. The summed E-state index contributed by atoms with van der Waals surface area (Å²) in [5, 5.41) is 3.79. The molecule has 1 saturated carbocycles. The van der Waals surface area contributed by atoms with E-state index in [-0.39, 0.29) is 0 Å². The molecule has 0 aromatic rings. The van der Waals surface area contributed by atoms with Crippen molar-refractivity contribution in [1.29, 1.82) is 0 Å². The molecule has 2 unspecified atom stereocenters. The average Bonchev–Trinajstić information content (AvgIpc) is 2.54. The Hall–Kier alpha value is -0.0800. The van der Waals surface area contributed by atoms with Gasteiger partial charge in [-0.2, -0.15) is 0 Å². The fraction of sp³-hybridized carbons (Fsp3) is 1.00. The van der Waals surface area contributed by atoms with E-state index in [1.807, 2.05) is 0 Å². The third-order valence-electron chi connectivity index (χ3n) is 3.92. The van der Waals surface area contributed by atoms with Crippen LogP contribution in [0.4, 0.5) is 0 Å². The summed E-state index contributed by atoms with van der Waals surface area (Å²) in [5.41, 5.74) is 0.562. The molecule has 96 valence electrons. The quantitative estimate of drug-likeness (QED) is 0.749. The van der Waals surface area contributed by atoms with E-state index in [1.165, 1.54) is 38.9 Å². The Bertz CT molecular complexity index is 197. The second kappa shape index (κ2) is 6.02. The van der Waals surface area contributed by atoms with Gasteiger partial charge >= 0.3 is 0 Å². The predicted molar refractivity (Wildman–Crippen MR) is 71.8 cm³/mol. The minimum atomic E-state index is 0.562. The molecule has 1 fully saturated rings. The molecule has 1 rings (SSSR count). The lowest BCUT2D eigenvalue weighted by Crippen LogP contribution is -2.43. The molecule has 0 radical (unpaired) electrons. The maximum Gasteiger partial charge on any atom is 0.0169 e. The Labute approximate surface area is 102 Å². The van der Waals surface area contributed by atoms with Gasteiger partial charge in [-0.05, 0) is 44.7 Å².